The molecule has 31 heavy (non-hydrogen) atoms. The highest BCUT2D eigenvalue weighted by atomic mass is 35.5. The van der Waals surface area contributed by atoms with Crippen molar-refractivity contribution in [2.45, 2.75) is 44.4 Å². The number of nitrogens with zero attached hydrogens (tertiary/aromatic N) is 1. The molecule has 1 aliphatic heterocycles. The van der Waals surface area contributed by atoms with Gasteiger partial charge in [0.25, 0.3) is 0 Å². The number of para-hydroxylation sites is 1. The minimum atomic E-state index is -1.47. The third-order valence-corrected chi connectivity index (χ3v) is 5.84. The van der Waals surface area contributed by atoms with Crippen LogP contribution in [0.2, 0.25) is 5.02 Å². The van der Waals surface area contributed by atoms with Crippen molar-refractivity contribution in [1.29, 1.82) is 0 Å². The normalized spacial score (nSPS) is 16.2. The number of fused-ring (bicyclic) bond motifs is 1. The van der Waals surface area contributed by atoms with E-state index in [1.165, 1.54) is 4.90 Å². The highest BCUT2D eigenvalue weighted by molar-refractivity contribution is 6.34. The second-order valence-electron chi connectivity index (χ2n) is 8.82. The van der Waals surface area contributed by atoms with Crippen LogP contribution in [0.15, 0.2) is 78.9 Å². The van der Waals surface area contributed by atoms with Gasteiger partial charge in [0.1, 0.15) is 11.2 Å². The summed E-state index contributed by atoms with van der Waals surface area (Å²) in [7, 11) is 0. The molecule has 3 aromatic rings. The topological polar surface area (TPSA) is 49.8 Å². The van der Waals surface area contributed by atoms with Gasteiger partial charge in [-0.15, -0.1) is 0 Å². The van der Waals surface area contributed by atoms with Crippen LogP contribution < -0.4 is 4.90 Å². The Morgan fingerprint density at radius 2 is 1.48 bits per heavy atom. The zero-order chi connectivity index (χ0) is 22.2. The van der Waals surface area contributed by atoms with Crippen molar-refractivity contribution < 1.29 is 14.6 Å². The van der Waals surface area contributed by atoms with Gasteiger partial charge in [-0.05, 0) is 49.9 Å². The molecule has 1 aliphatic rings. The lowest BCUT2D eigenvalue weighted by Crippen LogP contribution is -2.53. The molecule has 1 amide bonds. The quantitative estimate of drug-likeness (QED) is 0.553. The SMILES string of the molecule is CC(C)(C)OC(=O)N1c2c(Cl)cccc2C[C@H]1C(O)(c1ccccc1)c1ccccc1. The van der Waals surface area contributed by atoms with Crippen molar-refractivity contribution in [1.82, 2.24) is 0 Å². The first-order valence-corrected chi connectivity index (χ1v) is 10.7. The van der Waals surface area contributed by atoms with E-state index in [0.717, 1.165) is 5.56 Å². The Labute approximate surface area is 188 Å². The number of anilines is 1. The maximum absolute atomic E-state index is 13.4. The van der Waals surface area contributed by atoms with Crippen LogP contribution in [0.1, 0.15) is 37.5 Å². The largest absolute Gasteiger partial charge is 0.443 e. The molecule has 0 aromatic heterocycles. The maximum atomic E-state index is 13.4. The summed E-state index contributed by atoms with van der Waals surface area (Å²) in [4.78, 5) is 15.0. The molecule has 0 saturated heterocycles. The first kappa shape index (κ1) is 21.4. The van der Waals surface area contributed by atoms with Crippen LogP contribution in [0.4, 0.5) is 10.5 Å². The Morgan fingerprint density at radius 1 is 0.935 bits per heavy atom. The Morgan fingerprint density at radius 3 is 2.00 bits per heavy atom. The van der Waals surface area contributed by atoms with E-state index in [0.29, 0.717) is 28.3 Å². The molecule has 0 bridgehead atoms. The van der Waals surface area contributed by atoms with Gasteiger partial charge < -0.3 is 9.84 Å². The summed E-state index contributed by atoms with van der Waals surface area (Å²) in [6.07, 6.45) is -0.0928. The lowest BCUT2D eigenvalue weighted by molar-refractivity contribution is 0.0317. The van der Waals surface area contributed by atoms with E-state index >= 15 is 0 Å². The van der Waals surface area contributed by atoms with Gasteiger partial charge in [-0.3, -0.25) is 4.90 Å². The second kappa shape index (κ2) is 8.03. The van der Waals surface area contributed by atoms with Crippen molar-refractivity contribution in [3.63, 3.8) is 0 Å². The molecular weight excluding hydrogens is 410 g/mol. The average molecular weight is 436 g/mol. The van der Waals surface area contributed by atoms with Gasteiger partial charge in [0.2, 0.25) is 0 Å². The zero-order valence-corrected chi connectivity index (χ0v) is 18.6. The van der Waals surface area contributed by atoms with Gasteiger partial charge in [0, 0.05) is 0 Å². The summed E-state index contributed by atoms with van der Waals surface area (Å²) in [5.74, 6) is 0. The van der Waals surface area contributed by atoms with Crippen LogP contribution in [0.3, 0.4) is 0 Å². The molecule has 1 N–H and O–H groups in total. The first-order valence-electron chi connectivity index (χ1n) is 10.3. The smallest absolute Gasteiger partial charge is 0.415 e. The number of amides is 1. The van der Waals surface area contributed by atoms with Crippen LogP contribution in [-0.4, -0.2) is 22.8 Å². The number of halogens is 1. The van der Waals surface area contributed by atoms with E-state index in [-0.39, 0.29) is 0 Å². The van der Waals surface area contributed by atoms with Gasteiger partial charge >= 0.3 is 6.09 Å². The molecule has 3 aromatic carbocycles. The molecule has 0 spiro atoms. The van der Waals surface area contributed by atoms with Gasteiger partial charge in [-0.1, -0.05) is 84.4 Å². The highest BCUT2D eigenvalue weighted by Gasteiger charge is 2.51. The Balaban J connectivity index is 1.92. The van der Waals surface area contributed by atoms with Crippen LogP contribution in [-0.2, 0) is 16.8 Å². The molecule has 5 heteroatoms. The Kier molecular flexibility index (Phi) is 5.54. The van der Waals surface area contributed by atoms with Crippen molar-refractivity contribution in [3.8, 4) is 0 Å². The Bertz CT molecular complexity index is 1040. The molecule has 0 saturated carbocycles. The van der Waals surface area contributed by atoms with E-state index in [9.17, 15) is 9.90 Å². The van der Waals surface area contributed by atoms with Gasteiger partial charge in [0.15, 0.2) is 0 Å². The van der Waals surface area contributed by atoms with Crippen LogP contribution in [0.25, 0.3) is 0 Å². The van der Waals surface area contributed by atoms with Crippen molar-refractivity contribution in [2.75, 3.05) is 4.90 Å². The molecule has 1 heterocycles. The summed E-state index contributed by atoms with van der Waals surface area (Å²) in [6, 6.07) is 23.8. The Hall–Kier alpha value is -2.82. The van der Waals surface area contributed by atoms with Gasteiger partial charge in [-0.2, -0.15) is 0 Å². The summed E-state index contributed by atoms with van der Waals surface area (Å²) in [5.41, 5.74) is 0.722. The number of carbonyl (C=O) groups excluding carboxylic acids is 1. The third-order valence-electron chi connectivity index (χ3n) is 5.54. The van der Waals surface area contributed by atoms with Crippen molar-refractivity contribution in [3.05, 3.63) is 101 Å². The molecule has 0 aliphatic carbocycles. The predicted octanol–water partition coefficient (Wildman–Crippen LogP) is 5.94. The lowest BCUT2D eigenvalue weighted by atomic mass is 9.78. The fourth-order valence-corrected chi connectivity index (χ4v) is 4.54. The summed E-state index contributed by atoms with van der Waals surface area (Å²) in [5, 5.41) is 12.8. The van der Waals surface area contributed by atoms with E-state index in [4.69, 9.17) is 16.3 Å². The number of carbonyl (C=O) groups is 1. The van der Waals surface area contributed by atoms with E-state index in [1.54, 1.807) is 6.07 Å². The van der Waals surface area contributed by atoms with E-state index in [2.05, 4.69) is 0 Å². The van der Waals surface area contributed by atoms with E-state index in [1.807, 2.05) is 93.6 Å². The standard InChI is InChI=1S/C26H26ClNO3/c1-25(2,3)31-24(29)28-22(17-18-11-10-16-21(27)23(18)28)26(30,19-12-6-4-7-13-19)20-14-8-5-9-15-20/h4-16,22,30H,17H2,1-3H3/t22-/m0/s1. The number of ether oxygens (including phenoxy) is 1. The minimum absolute atomic E-state index is 0.440. The maximum Gasteiger partial charge on any atom is 0.415 e. The monoisotopic (exact) mass is 435 g/mol. The summed E-state index contributed by atoms with van der Waals surface area (Å²) in [6.45, 7) is 5.47. The van der Waals surface area contributed by atoms with Gasteiger partial charge in [0.05, 0.1) is 16.8 Å². The molecule has 4 nitrogen and oxygen atoms in total. The molecule has 160 valence electrons. The lowest BCUT2D eigenvalue weighted by Gasteiger charge is -2.40. The number of hydrogen-bond acceptors (Lipinski definition) is 3. The fourth-order valence-electron chi connectivity index (χ4n) is 4.25. The molecule has 0 unspecified atom stereocenters. The number of aliphatic hydroxyl groups is 1. The van der Waals surface area contributed by atoms with Crippen molar-refractivity contribution >= 4 is 23.4 Å². The summed E-state index contributed by atoms with van der Waals surface area (Å²) >= 11 is 6.56. The molecule has 4 rings (SSSR count). The van der Waals surface area contributed by atoms with Crippen LogP contribution in [0, 0.1) is 0 Å². The molecule has 0 fully saturated rings. The van der Waals surface area contributed by atoms with Crippen LogP contribution >= 0.6 is 11.6 Å². The zero-order valence-electron chi connectivity index (χ0n) is 17.9. The third kappa shape index (κ3) is 3.93. The van der Waals surface area contributed by atoms with Crippen molar-refractivity contribution in [2.24, 2.45) is 0 Å². The molecule has 0 radical (unpaired) electrons. The molecule has 1 atom stereocenters. The average Bonchev–Trinajstić information content (AvgIpc) is 3.15. The van der Waals surface area contributed by atoms with E-state index < -0.39 is 23.3 Å². The predicted molar refractivity (Wildman–Crippen MR) is 124 cm³/mol. The number of rotatable bonds is 3. The fraction of sp³-hybridized carbons (Fsp3) is 0.269. The molecular formula is C26H26ClNO3. The number of hydrogen-bond donors (Lipinski definition) is 1. The first-order chi connectivity index (χ1) is 14.7. The van der Waals surface area contributed by atoms with Crippen LogP contribution in [0.5, 0.6) is 0 Å². The minimum Gasteiger partial charge on any atom is -0.443 e. The van der Waals surface area contributed by atoms with Gasteiger partial charge in [-0.25, -0.2) is 4.79 Å². The highest BCUT2D eigenvalue weighted by Crippen LogP contribution is 2.47. The second-order valence-corrected chi connectivity index (χ2v) is 9.22. The summed E-state index contributed by atoms with van der Waals surface area (Å²) < 4.78 is 5.75. The number of benzene rings is 3.